The van der Waals surface area contributed by atoms with Crippen LogP contribution in [-0.4, -0.2) is 25.7 Å². The van der Waals surface area contributed by atoms with Crippen LogP contribution >= 0.6 is 11.6 Å². The van der Waals surface area contributed by atoms with Gasteiger partial charge in [0, 0.05) is 21.7 Å². The molecule has 0 saturated carbocycles. The Morgan fingerprint density at radius 1 is 0.711 bits per heavy atom. The largest absolute Gasteiger partial charge is 0.278 e. The Bertz CT molecular complexity index is 1740. The average molecular weight is 517 g/mol. The van der Waals surface area contributed by atoms with Crippen LogP contribution in [0.4, 0.5) is 5.82 Å². The van der Waals surface area contributed by atoms with Gasteiger partial charge in [0.15, 0.2) is 11.6 Å². The fourth-order valence-electron chi connectivity index (χ4n) is 4.13. The van der Waals surface area contributed by atoms with Gasteiger partial charge in [0.05, 0.1) is 22.4 Å². The van der Waals surface area contributed by atoms with E-state index in [1.807, 2.05) is 78.9 Å². The summed E-state index contributed by atoms with van der Waals surface area (Å²) in [6, 6.07) is 36.1. The molecular formula is C30H21ClN6O. The molecule has 184 valence electrons. The maximum atomic E-state index is 12.8. The highest BCUT2D eigenvalue weighted by Gasteiger charge is 2.19. The van der Waals surface area contributed by atoms with Crippen LogP contribution in [-0.2, 0) is 0 Å². The van der Waals surface area contributed by atoms with Crippen molar-refractivity contribution in [3.63, 3.8) is 0 Å². The Hall–Kier alpha value is -5.01. The van der Waals surface area contributed by atoms with Crippen LogP contribution in [0.15, 0.2) is 115 Å². The van der Waals surface area contributed by atoms with Gasteiger partial charge in [-0.1, -0.05) is 90.5 Å². The van der Waals surface area contributed by atoms with E-state index in [0.717, 1.165) is 22.5 Å². The van der Waals surface area contributed by atoms with Crippen LogP contribution in [0.25, 0.3) is 39.4 Å². The number of anilines is 1. The second-order valence-corrected chi connectivity index (χ2v) is 8.97. The molecule has 0 aliphatic carbocycles. The van der Waals surface area contributed by atoms with Crippen molar-refractivity contribution in [3.8, 4) is 28.3 Å². The Kier molecular flexibility index (Phi) is 6.25. The summed E-state index contributed by atoms with van der Waals surface area (Å²) in [5.41, 5.74) is 11.0. The van der Waals surface area contributed by atoms with E-state index >= 15 is 0 Å². The van der Waals surface area contributed by atoms with Crippen molar-refractivity contribution in [2.75, 3.05) is 5.43 Å². The summed E-state index contributed by atoms with van der Waals surface area (Å²) < 4.78 is 1.75. The van der Waals surface area contributed by atoms with Crippen LogP contribution in [0.2, 0.25) is 5.02 Å². The minimum Gasteiger partial charge on any atom is -0.278 e. The summed E-state index contributed by atoms with van der Waals surface area (Å²) in [6.45, 7) is 0. The van der Waals surface area contributed by atoms with E-state index < -0.39 is 0 Å². The first-order chi connectivity index (χ1) is 18.7. The molecule has 0 spiro atoms. The number of hydrogen-bond donors (Lipinski definition) is 2. The lowest BCUT2D eigenvalue weighted by Gasteiger charge is -2.15. The van der Waals surface area contributed by atoms with E-state index in [1.165, 1.54) is 0 Å². The summed E-state index contributed by atoms with van der Waals surface area (Å²) in [4.78, 5) is 22.5. The molecule has 2 N–H and O–H groups in total. The zero-order chi connectivity index (χ0) is 25.9. The zero-order valence-electron chi connectivity index (χ0n) is 20.0. The van der Waals surface area contributed by atoms with E-state index in [1.54, 1.807) is 41.1 Å². The number of rotatable bonds is 6. The van der Waals surface area contributed by atoms with Crippen LogP contribution < -0.4 is 10.9 Å². The second kappa shape index (κ2) is 10.2. The van der Waals surface area contributed by atoms with Crippen molar-refractivity contribution in [2.24, 2.45) is 0 Å². The van der Waals surface area contributed by atoms with Gasteiger partial charge in [-0.25, -0.2) is 14.6 Å². The number of aromatic nitrogens is 4. The SMILES string of the molecule is O=C(NNc1nc2cc(Cl)ccc2nc1-n1nc(-c2ccccc2)cc1-c1ccccc1)c1ccccc1. The molecule has 6 rings (SSSR count). The molecule has 8 heteroatoms. The Labute approximate surface area is 223 Å². The smallest absolute Gasteiger partial charge is 0.269 e. The molecule has 0 atom stereocenters. The lowest BCUT2D eigenvalue weighted by molar-refractivity contribution is 0.0962. The first-order valence-corrected chi connectivity index (χ1v) is 12.3. The minimum absolute atomic E-state index is 0.307. The topological polar surface area (TPSA) is 84.7 Å². The molecule has 0 aliphatic heterocycles. The number of benzene rings is 4. The molecule has 1 amide bonds. The maximum Gasteiger partial charge on any atom is 0.269 e. The molecule has 4 aromatic carbocycles. The van der Waals surface area contributed by atoms with Gasteiger partial charge in [-0.15, -0.1) is 0 Å². The molecule has 0 fully saturated rings. The molecule has 38 heavy (non-hydrogen) atoms. The monoisotopic (exact) mass is 516 g/mol. The van der Waals surface area contributed by atoms with Gasteiger partial charge in [0.2, 0.25) is 0 Å². The van der Waals surface area contributed by atoms with Crippen molar-refractivity contribution in [3.05, 3.63) is 126 Å². The van der Waals surface area contributed by atoms with E-state index in [4.69, 9.17) is 26.7 Å². The summed E-state index contributed by atoms with van der Waals surface area (Å²) in [7, 11) is 0. The summed E-state index contributed by atoms with van der Waals surface area (Å²) in [5, 5.41) is 5.47. The van der Waals surface area contributed by atoms with Crippen molar-refractivity contribution in [1.29, 1.82) is 0 Å². The number of nitrogens with one attached hydrogen (secondary N) is 2. The molecule has 0 saturated heterocycles. The van der Waals surface area contributed by atoms with E-state index in [-0.39, 0.29) is 5.91 Å². The molecule has 6 aromatic rings. The molecule has 0 unspecified atom stereocenters. The molecule has 7 nitrogen and oxygen atoms in total. The van der Waals surface area contributed by atoms with Gasteiger partial charge in [-0.3, -0.25) is 15.6 Å². The molecule has 2 aromatic heterocycles. The number of carbonyl (C=O) groups is 1. The van der Waals surface area contributed by atoms with Gasteiger partial charge in [-0.2, -0.15) is 5.10 Å². The molecular weight excluding hydrogens is 496 g/mol. The van der Waals surface area contributed by atoms with E-state index in [9.17, 15) is 4.79 Å². The van der Waals surface area contributed by atoms with Crippen molar-refractivity contribution >= 4 is 34.4 Å². The van der Waals surface area contributed by atoms with Gasteiger partial charge >= 0.3 is 0 Å². The normalized spacial score (nSPS) is 10.9. The average Bonchev–Trinajstić information content (AvgIpc) is 3.42. The third-order valence-electron chi connectivity index (χ3n) is 5.99. The quantitative estimate of drug-likeness (QED) is 0.245. The van der Waals surface area contributed by atoms with Crippen LogP contribution in [0.1, 0.15) is 10.4 Å². The van der Waals surface area contributed by atoms with Crippen molar-refractivity contribution < 1.29 is 4.79 Å². The van der Waals surface area contributed by atoms with Crippen LogP contribution in [0.3, 0.4) is 0 Å². The Morgan fingerprint density at radius 2 is 1.37 bits per heavy atom. The summed E-state index contributed by atoms with van der Waals surface area (Å²) in [6.07, 6.45) is 0. The van der Waals surface area contributed by atoms with E-state index in [2.05, 4.69) is 10.9 Å². The molecule has 0 radical (unpaired) electrons. The number of nitrogens with zero attached hydrogens (tertiary/aromatic N) is 4. The second-order valence-electron chi connectivity index (χ2n) is 8.53. The predicted molar refractivity (Wildman–Crippen MR) is 150 cm³/mol. The minimum atomic E-state index is -0.307. The number of amides is 1. The Balaban J connectivity index is 1.51. The lowest BCUT2D eigenvalue weighted by Crippen LogP contribution is -2.30. The third kappa shape index (κ3) is 4.70. The van der Waals surface area contributed by atoms with Gasteiger partial charge in [-0.05, 0) is 36.4 Å². The first-order valence-electron chi connectivity index (χ1n) is 12.0. The third-order valence-corrected chi connectivity index (χ3v) is 6.22. The van der Waals surface area contributed by atoms with Crippen molar-refractivity contribution in [1.82, 2.24) is 25.2 Å². The summed E-state index contributed by atoms with van der Waals surface area (Å²) >= 11 is 6.24. The van der Waals surface area contributed by atoms with Gasteiger partial charge in [0.1, 0.15) is 0 Å². The predicted octanol–water partition coefficient (Wildman–Crippen LogP) is 6.56. The highest BCUT2D eigenvalue weighted by Crippen LogP contribution is 2.31. The van der Waals surface area contributed by atoms with Gasteiger partial charge in [0.25, 0.3) is 5.91 Å². The highest BCUT2D eigenvalue weighted by molar-refractivity contribution is 6.31. The maximum absolute atomic E-state index is 12.8. The first kappa shape index (κ1) is 23.4. The van der Waals surface area contributed by atoms with Crippen LogP contribution in [0.5, 0.6) is 0 Å². The number of hydrazine groups is 1. The molecule has 2 heterocycles. The number of fused-ring (bicyclic) bond motifs is 1. The zero-order valence-corrected chi connectivity index (χ0v) is 20.8. The number of halogens is 1. The lowest BCUT2D eigenvalue weighted by atomic mass is 10.1. The fourth-order valence-corrected chi connectivity index (χ4v) is 4.30. The fraction of sp³-hybridized carbons (Fsp3) is 0. The summed E-state index contributed by atoms with van der Waals surface area (Å²) in [5.74, 6) is 0.441. The van der Waals surface area contributed by atoms with Crippen molar-refractivity contribution in [2.45, 2.75) is 0 Å². The highest BCUT2D eigenvalue weighted by atomic mass is 35.5. The van der Waals surface area contributed by atoms with Crippen LogP contribution in [0, 0.1) is 0 Å². The molecule has 0 aliphatic rings. The number of hydrogen-bond acceptors (Lipinski definition) is 5. The standard InChI is InChI=1S/C30H21ClN6O/c31-23-16-17-24-26(18-23)32-28(34-35-30(38)22-14-8-3-9-15-22)29(33-24)37-27(21-12-6-2-7-13-21)19-25(36-37)20-10-4-1-5-11-20/h1-19H,(H,32,34)(H,35,38). The van der Waals surface area contributed by atoms with Gasteiger partial charge < -0.3 is 0 Å². The Morgan fingerprint density at radius 3 is 2.08 bits per heavy atom. The molecule has 0 bridgehead atoms. The van der Waals surface area contributed by atoms with E-state index in [0.29, 0.717) is 33.3 Å². The number of carbonyl (C=O) groups excluding carboxylic acids is 1.